The molecule has 0 saturated heterocycles. The van der Waals surface area contributed by atoms with Crippen molar-refractivity contribution in [2.24, 2.45) is 5.73 Å². The molecule has 0 heterocycles. The van der Waals surface area contributed by atoms with E-state index in [2.05, 4.69) is 12.2 Å². The summed E-state index contributed by atoms with van der Waals surface area (Å²) in [7, 11) is 2.29. The smallest absolute Gasteiger partial charge is 0.396 e. The van der Waals surface area contributed by atoms with Crippen LogP contribution in [0.4, 0.5) is 0 Å². The third kappa shape index (κ3) is 7.02. The molecule has 0 aromatic heterocycles. The second-order valence-electron chi connectivity index (χ2n) is 3.52. The van der Waals surface area contributed by atoms with E-state index >= 15 is 0 Å². The Balaban J connectivity index is 3.80. The van der Waals surface area contributed by atoms with E-state index in [1.807, 2.05) is 0 Å². The van der Waals surface area contributed by atoms with Gasteiger partial charge in [0.25, 0.3) is 0 Å². The molecule has 0 saturated carbocycles. The molecule has 0 rings (SSSR count). The van der Waals surface area contributed by atoms with Crippen molar-refractivity contribution < 1.29 is 8.85 Å². The number of hydrogen-bond acceptors (Lipinski definition) is 4. The molecular formula is C10H25N2O2Si. The van der Waals surface area contributed by atoms with Crippen LogP contribution >= 0.6 is 0 Å². The van der Waals surface area contributed by atoms with Crippen molar-refractivity contribution in [2.45, 2.75) is 38.3 Å². The summed E-state index contributed by atoms with van der Waals surface area (Å²) in [5.74, 6) is 0. The van der Waals surface area contributed by atoms with E-state index < -0.39 is 9.28 Å². The first-order valence-electron chi connectivity index (χ1n) is 5.68. The SMILES string of the molecule is CCCC(NCCCCN)[Si](OC)OC. The summed E-state index contributed by atoms with van der Waals surface area (Å²) in [4.78, 5) is 0. The Morgan fingerprint density at radius 2 is 1.93 bits per heavy atom. The van der Waals surface area contributed by atoms with Gasteiger partial charge in [-0.05, 0) is 32.4 Å². The van der Waals surface area contributed by atoms with Crippen LogP contribution in [0.2, 0.25) is 0 Å². The van der Waals surface area contributed by atoms with Crippen LogP contribution in [0.25, 0.3) is 0 Å². The van der Waals surface area contributed by atoms with E-state index in [9.17, 15) is 0 Å². The van der Waals surface area contributed by atoms with E-state index in [4.69, 9.17) is 14.6 Å². The molecule has 0 amide bonds. The Bertz CT molecular complexity index is 135. The number of nitrogens with one attached hydrogen (secondary N) is 1. The predicted octanol–water partition coefficient (Wildman–Crippen LogP) is 0.804. The Morgan fingerprint density at radius 1 is 1.27 bits per heavy atom. The maximum absolute atomic E-state index is 5.45. The normalized spacial score (nSPS) is 13.4. The quantitative estimate of drug-likeness (QED) is 0.433. The van der Waals surface area contributed by atoms with Crippen LogP contribution < -0.4 is 11.1 Å². The van der Waals surface area contributed by atoms with E-state index in [1.54, 1.807) is 14.2 Å². The summed E-state index contributed by atoms with van der Waals surface area (Å²) >= 11 is 0. The largest absolute Gasteiger partial charge is 0.402 e. The molecule has 0 aromatic carbocycles. The maximum atomic E-state index is 5.45. The zero-order chi connectivity index (χ0) is 11.5. The van der Waals surface area contributed by atoms with Crippen molar-refractivity contribution in [3.8, 4) is 0 Å². The highest BCUT2D eigenvalue weighted by Gasteiger charge is 2.24. The molecular weight excluding hydrogens is 208 g/mol. The molecule has 0 aliphatic carbocycles. The fourth-order valence-corrected chi connectivity index (χ4v) is 3.08. The fraction of sp³-hybridized carbons (Fsp3) is 1.00. The Morgan fingerprint density at radius 3 is 2.40 bits per heavy atom. The topological polar surface area (TPSA) is 56.5 Å². The molecule has 91 valence electrons. The minimum atomic E-state index is -1.15. The maximum Gasteiger partial charge on any atom is 0.402 e. The first-order chi connectivity index (χ1) is 7.29. The highest BCUT2D eigenvalue weighted by Crippen LogP contribution is 2.03. The van der Waals surface area contributed by atoms with E-state index in [-0.39, 0.29) is 0 Å². The van der Waals surface area contributed by atoms with Gasteiger partial charge in [0.05, 0.1) is 5.67 Å². The monoisotopic (exact) mass is 233 g/mol. The molecule has 1 atom stereocenters. The van der Waals surface area contributed by atoms with Crippen LogP contribution in [0.5, 0.6) is 0 Å². The van der Waals surface area contributed by atoms with Gasteiger partial charge in [0.15, 0.2) is 0 Å². The van der Waals surface area contributed by atoms with Crippen LogP contribution in [0.3, 0.4) is 0 Å². The van der Waals surface area contributed by atoms with Gasteiger partial charge in [0.1, 0.15) is 0 Å². The summed E-state index contributed by atoms with van der Waals surface area (Å²) in [5, 5.41) is 3.50. The number of rotatable bonds is 10. The van der Waals surface area contributed by atoms with Gasteiger partial charge < -0.3 is 19.9 Å². The average molecular weight is 233 g/mol. The van der Waals surface area contributed by atoms with Gasteiger partial charge in [-0.3, -0.25) is 0 Å². The standard InChI is InChI=1S/C10H25N2O2Si/c1-4-7-10(15(13-2)14-3)12-9-6-5-8-11/h10,12H,4-9,11H2,1-3H3. The van der Waals surface area contributed by atoms with Gasteiger partial charge in [-0.25, -0.2) is 0 Å². The number of unbranched alkanes of at least 4 members (excludes halogenated alkanes) is 1. The molecule has 1 radical (unpaired) electrons. The molecule has 0 aliphatic heterocycles. The molecule has 5 heteroatoms. The van der Waals surface area contributed by atoms with E-state index in [0.717, 1.165) is 38.8 Å². The third-order valence-corrected chi connectivity index (χ3v) is 4.15. The van der Waals surface area contributed by atoms with Crippen molar-refractivity contribution in [3.63, 3.8) is 0 Å². The summed E-state index contributed by atoms with van der Waals surface area (Å²) < 4.78 is 10.7. The van der Waals surface area contributed by atoms with Crippen molar-refractivity contribution >= 4 is 9.28 Å². The average Bonchev–Trinajstić information content (AvgIpc) is 2.26. The Hall–Kier alpha value is 0.0569. The predicted molar refractivity (Wildman–Crippen MR) is 64.8 cm³/mol. The molecule has 0 aromatic rings. The summed E-state index contributed by atoms with van der Waals surface area (Å²) in [6.45, 7) is 3.95. The zero-order valence-electron chi connectivity index (χ0n) is 10.2. The van der Waals surface area contributed by atoms with E-state index in [1.165, 1.54) is 0 Å². The molecule has 1 unspecified atom stereocenters. The lowest BCUT2D eigenvalue weighted by molar-refractivity contribution is 0.255. The van der Waals surface area contributed by atoms with Crippen LogP contribution in [0.15, 0.2) is 0 Å². The highest BCUT2D eigenvalue weighted by molar-refractivity contribution is 6.46. The van der Waals surface area contributed by atoms with Gasteiger partial charge in [0.2, 0.25) is 0 Å². The van der Waals surface area contributed by atoms with Crippen molar-refractivity contribution in [1.82, 2.24) is 5.32 Å². The first-order valence-corrected chi connectivity index (χ1v) is 7.07. The minimum absolute atomic E-state index is 0.382. The molecule has 4 nitrogen and oxygen atoms in total. The molecule has 0 fully saturated rings. The summed E-state index contributed by atoms with van der Waals surface area (Å²) in [6.07, 6.45) is 4.46. The van der Waals surface area contributed by atoms with E-state index in [0.29, 0.717) is 5.67 Å². The van der Waals surface area contributed by atoms with Crippen LogP contribution in [0.1, 0.15) is 32.6 Å². The Labute approximate surface area is 95.4 Å². The second-order valence-corrected chi connectivity index (χ2v) is 5.67. The van der Waals surface area contributed by atoms with Gasteiger partial charge in [-0.2, -0.15) is 0 Å². The summed E-state index contributed by atoms with van der Waals surface area (Å²) in [6, 6.07) is 0. The lowest BCUT2D eigenvalue weighted by atomic mass is 10.3. The van der Waals surface area contributed by atoms with Crippen LogP contribution in [-0.2, 0) is 8.85 Å². The molecule has 3 N–H and O–H groups in total. The lowest BCUT2D eigenvalue weighted by Gasteiger charge is -2.22. The molecule has 0 bridgehead atoms. The third-order valence-electron chi connectivity index (χ3n) is 2.29. The molecule has 0 spiro atoms. The van der Waals surface area contributed by atoms with Crippen molar-refractivity contribution in [1.29, 1.82) is 0 Å². The highest BCUT2D eigenvalue weighted by atomic mass is 28.3. The fourth-order valence-electron chi connectivity index (χ4n) is 1.51. The van der Waals surface area contributed by atoms with Gasteiger partial charge in [-0.15, -0.1) is 0 Å². The summed E-state index contributed by atoms with van der Waals surface area (Å²) in [5.41, 5.74) is 5.83. The van der Waals surface area contributed by atoms with Crippen LogP contribution in [0, 0.1) is 0 Å². The van der Waals surface area contributed by atoms with Gasteiger partial charge >= 0.3 is 9.28 Å². The lowest BCUT2D eigenvalue weighted by Crippen LogP contribution is -2.46. The number of nitrogens with two attached hydrogens (primary N) is 1. The second kappa shape index (κ2) is 10.6. The zero-order valence-corrected chi connectivity index (χ0v) is 11.2. The number of hydrogen-bond donors (Lipinski definition) is 2. The van der Waals surface area contributed by atoms with Gasteiger partial charge in [-0.1, -0.05) is 13.3 Å². The molecule has 15 heavy (non-hydrogen) atoms. The van der Waals surface area contributed by atoms with Crippen molar-refractivity contribution in [2.75, 3.05) is 27.3 Å². The Kier molecular flexibility index (Phi) is 10.6. The van der Waals surface area contributed by atoms with Crippen LogP contribution in [-0.4, -0.2) is 42.3 Å². The molecule has 0 aliphatic rings. The first kappa shape index (κ1) is 15.1. The van der Waals surface area contributed by atoms with Crippen molar-refractivity contribution in [3.05, 3.63) is 0 Å². The minimum Gasteiger partial charge on any atom is -0.396 e. The van der Waals surface area contributed by atoms with Gasteiger partial charge in [0, 0.05) is 14.2 Å².